The van der Waals surface area contributed by atoms with E-state index in [2.05, 4.69) is 5.32 Å². The van der Waals surface area contributed by atoms with Crippen LogP contribution in [-0.4, -0.2) is 19.7 Å². The predicted molar refractivity (Wildman–Crippen MR) is 62.5 cm³/mol. The molecular formula is C13H17F2NO. The third-order valence-electron chi connectivity index (χ3n) is 3.17. The van der Waals surface area contributed by atoms with Crippen molar-refractivity contribution in [1.29, 1.82) is 0 Å². The van der Waals surface area contributed by atoms with Crippen LogP contribution in [0.1, 0.15) is 24.8 Å². The van der Waals surface area contributed by atoms with Gasteiger partial charge in [-0.05, 0) is 31.5 Å². The summed E-state index contributed by atoms with van der Waals surface area (Å²) >= 11 is 0. The van der Waals surface area contributed by atoms with Crippen LogP contribution in [0.4, 0.5) is 8.78 Å². The van der Waals surface area contributed by atoms with Crippen LogP contribution in [0.5, 0.6) is 5.75 Å². The summed E-state index contributed by atoms with van der Waals surface area (Å²) in [5.74, 6) is -2.58. The van der Waals surface area contributed by atoms with Crippen molar-refractivity contribution >= 4 is 0 Å². The van der Waals surface area contributed by atoms with E-state index in [1.54, 1.807) is 18.2 Å². The van der Waals surface area contributed by atoms with Crippen LogP contribution in [0, 0.1) is 0 Å². The molecule has 2 nitrogen and oxygen atoms in total. The van der Waals surface area contributed by atoms with Gasteiger partial charge in [0.15, 0.2) is 0 Å². The van der Waals surface area contributed by atoms with Crippen LogP contribution in [0.25, 0.3) is 0 Å². The average Bonchev–Trinajstić information content (AvgIpc) is 2.81. The molecule has 0 saturated carbocycles. The molecular weight excluding hydrogens is 224 g/mol. The van der Waals surface area contributed by atoms with Crippen molar-refractivity contribution in [3.8, 4) is 5.75 Å². The molecule has 1 atom stereocenters. The van der Waals surface area contributed by atoms with Crippen LogP contribution in [0.2, 0.25) is 0 Å². The van der Waals surface area contributed by atoms with Gasteiger partial charge in [-0.1, -0.05) is 12.1 Å². The van der Waals surface area contributed by atoms with Gasteiger partial charge in [0, 0.05) is 12.5 Å². The first-order valence-electron chi connectivity index (χ1n) is 5.88. The first kappa shape index (κ1) is 12.3. The minimum absolute atomic E-state index is 0.0174. The lowest BCUT2D eigenvalue weighted by atomic mass is 9.99. The molecule has 0 aliphatic carbocycles. The summed E-state index contributed by atoms with van der Waals surface area (Å²) in [6.45, 7) is 0.840. The Kier molecular flexibility index (Phi) is 3.62. The van der Waals surface area contributed by atoms with Gasteiger partial charge in [0.05, 0.1) is 12.7 Å². The minimum Gasteiger partial charge on any atom is -0.496 e. The average molecular weight is 241 g/mol. The standard InChI is InChI=1S/C13H17F2NO/c1-17-12-7-3-2-6-11(12)13(14,15)9-10-5-4-8-16-10/h2-3,6-7,10,16H,4-5,8-9H2,1H3. The molecule has 0 amide bonds. The molecule has 1 unspecified atom stereocenters. The number of methoxy groups -OCH3 is 1. The molecule has 1 aliphatic heterocycles. The number of alkyl halides is 2. The lowest BCUT2D eigenvalue weighted by Crippen LogP contribution is -2.29. The summed E-state index contributed by atoms with van der Waals surface area (Å²) < 4.78 is 33.3. The quantitative estimate of drug-likeness (QED) is 0.875. The van der Waals surface area contributed by atoms with E-state index in [4.69, 9.17) is 4.74 Å². The van der Waals surface area contributed by atoms with Gasteiger partial charge in [-0.3, -0.25) is 0 Å². The highest BCUT2D eigenvalue weighted by Crippen LogP contribution is 2.39. The van der Waals surface area contributed by atoms with E-state index in [1.165, 1.54) is 13.2 Å². The minimum atomic E-state index is -2.84. The van der Waals surface area contributed by atoms with Gasteiger partial charge in [0.1, 0.15) is 5.75 Å². The van der Waals surface area contributed by atoms with Crippen molar-refractivity contribution in [3.05, 3.63) is 29.8 Å². The zero-order chi connectivity index (χ0) is 12.3. The van der Waals surface area contributed by atoms with Gasteiger partial charge in [0.2, 0.25) is 0 Å². The van der Waals surface area contributed by atoms with Crippen molar-refractivity contribution < 1.29 is 13.5 Å². The highest BCUT2D eigenvalue weighted by molar-refractivity contribution is 5.36. The van der Waals surface area contributed by atoms with Crippen molar-refractivity contribution in [2.24, 2.45) is 0 Å². The summed E-state index contributed by atoms with van der Waals surface area (Å²) in [4.78, 5) is 0. The number of halogens is 2. The van der Waals surface area contributed by atoms with E-state index in [0.717, 1.165) is 19.4 Å². The van der Waals surface area contributed by atoms with Gasteiger partial charge in [-0.25, -0.2) is 8.78 Å². The third-order valence-corrected chi connectivity index (χ3v) is 3.17. The molecule has 2 rings (SSSR count). The summed E-state index contributed by atoms with van der Waals surface area (Å²) in [5, 5.41) is 3.10. The fraction of sp³-hybridized carbons (Fsp3) is 0.538. The molecule has 1 heterocycles. The Morgan fingerprint density at radius 2 is 2.18 bits per heavy atom. The van der Waals surface area contributed by atoms with Crippen molar-refractivity contribution in [1.82, 2.24) is 5.32 Å². The summed E-state index contributed by atoms with van der Waals surface area (Å²) in [6.07, 6.45) is 1.64. The Bertz CT molecular complexity index is 375. The van der Waals surface area contributed by atoms with Crippen LogP contribution in [0.3, 0.4) is 0 Å². The second-order valence-corrected chi connectivity index (χ2v) is 4.40. The molecule has 4 heteroatoms. The smallest absolute Gasteiger partial charge is 0.278 e. The molecule has 0 radical (unpaired) electrons. The molecule has 94 valence electrons. The number of benzene rings is 1. The van der Waals surface area contributed by atoms with E-state index in [9.17, 15) is 8.78 Å². The molecule has 1 aliphatic rings. The molecule has 0 aromatic heterocycles. The lowest BCUT2D eigenvalue weighted by Gasteiger charge is -2.22. The van der Waals surface area contributed by atoms with E-state index in [-0.39, 0.29) is 23.8 Å². The zero-order valence-electron chi connectivity index (χ0n) is 9.88. The maximum atomic E-state index is 14.1. The highest BCUT2D eigenvalue weighted by Gasteiger charge is 2.37. The van der Waals surface area contributed by atoms with Crippen molar-refractivity contribution in [3.63, 3.8) is 0 Å². The second kappa shape index (κ2) is 5.00. The predicted octanol–water partition coefficient (Wildman–Crippen LogP) is 2.93. The van der Waals surface area contributed by atoms with Gasteiger partial charge in [-0.2, -0.15) is 0 Å². The SMILES string of the molecule is COc1ccccc1C(F)(F)CC1CCCN1. The van der Waals surface area contributed by atoms with Crippen LogP contribution >= 0.6 is 0 Å². The molecule has 1 N–H and O–H groups in total. The first-order chi connectivity index (χ1) is 8.13. The molecule has 17 heavy (non-hydrogen) atoms. The van der Waals surface area contributed by atoms with Gasteiger partial charge in [0.25, 0.3) is 5.92 Å². The Labute approximate surface area is 100.0 Å². The van der Waals surface area contributed by atoms with E-state index in [0.29, 0.717) is 0 Å². The number of para-hydroxylation sites is 1. The molecule has 1 aromatic rings. The number of hydrogen-bond donors (Lipinski definition) is 1. The van der Waals surface area contributed by atoms with Crippen LogP contribution in [0.15, 0.2) is 24.3 Å². The Balaban J connectivity index is 2.17. The maximum Gasteiger partial charge on any atom is 0.278 e. The Morgan fingerprint density at radius 3 is 2.82 bits per heavy atom. The number of ether oxygens (including phenoxy) is 1. The molecule has 0 bridgehead atoms. The van der Waals surface area contributed by atoms with Gasteiger partial charge >= 0.3 is 0 Å². The molecule has 1 aromatic carbocycles. The fourth-order valence-electron chi connectivity index (χ4n) is 2.30. The Morgan fingerprint density at radius 1 is 1.41 bits per heavy atom. The second-order valence-electron chi connectivity index (χ2n) is 4.40. The topological polar surface area (TPSA) is 21.3 Å². The zero-order valence-corrected chi connectivity index (χ0v) is 9.88. The monoisotopic (exact) mass is 241 g/mol. The van der Waals surface area contributed by atoms with Gasteiger partial charge < -0.3 is 10.1 Å². The van der Waals surface area contributed by atoms with Crippen LogP contribution < -0.4 is 10.1 Å². The summed E-state index contributed by atoms with van der Waals surface area (Å²) in [5.41, 5.74) is -0.0174. The van der Waals surface area contributed by atoms with Gasteiger partial charge in [-0.15, -0.1) is 0 Å². The molecule has 0 spiro atoms. The summed E-state index contributed by atoms with van der Waals surface area (Å²) in [7, 11) is 1.42. The van der Waals surface area contributed by atoms with E-state index >= 15 is 0 Å². The number of hydrogen-bond acceptors (Lipinski definition) is 2. The fourth-order valence-corrected chi connectivity index (χ4v) is 2.30. The van der Waals surface area contributed by atoms with Crippen LogP contribution in [-0.2, 0) is 5.92 Å². The number of nitrogens with one attached hydrogen (secondary N) is 1. The molecule has 1 fully saturated rings. The van der Waals surface area contributed by atoms with Crippen molar-refractivity contribution in [2.45, 2.75) is 31.2 Å². The lowest BCUT2D eigenvalue weighted by molar-refractivity contribution is -0.0232. The normalized spacial score (nSPS) is 20.5. The third kappa shape index (κ3) is 2.75. The van der Waals surface area contributed by atoms with E-state index in [1.807, 2.05) is 0 Å². The summed E-state index contributed by atoms with van der Waals surface area (Å²) in [6, 6.07) is 6.24. The Hall–Kier alpha value is -1.16. The first-order valence-corrected chi connectivity index (χ1v) is 5.88. The van der Waals surface area contributed by atoms with Crippen molar-refractivity contribution in [2.75, 3.05) is 13.7 Å². The maximum absolute atomic E-state index is 14.1. The van der Waals surface area contributed by atoms with E-state index < -0.39 is 5.92 Å². The highest BCUT2D eigenvalue weighted by atomic mass is 19.3. The number of rotatable bonds is 4. The molecule has 1 saturated heterocycles. The largest absolute Gasteiger partial charge is 0.496 e.